The average molecular weight is 473 g/mol. The normalized spacial score (nSPS) is 40.5. The minimum atomic E-state index is -1.43. The van der Waals surface area contributed by atoms with Gasteiger partial charge >= 0.3 is 11.9 Å². The summed E-state index contributed by atoms with van der Waals surface area (Å²) >= 11 is 0. The highest BCUT2D eigenvalue weighted by Crippen LogP contribution is 2.67. The first kappa shape index (κ1) is 24.8. The number of ether oxygens (including phenoxy) is 2. The molecule has 186 valence electrons. The molecule has 4 rings (SSSR count). The van der Waals surface area contributed by atoms with Crippen molar-refractivity contribution in [1.29, 1.82) is 0 Å². The van der Waals surface area contributed by atoms with Gasteiger partial charge in [-0.1, -0.05) is 39.3 Å². The molecule has 7 heteroatoms. The third kappa shape index (κ3) is 3.58. The van der Waals surface area contributed by atoms with E-state index in [1.165, 1.54) is 0 Å². The van der Waals surface area contributed by atoms with Crippen LogP contribution >= 0.6 is 0 Å². The number of Topliss-reactive ketones (excluding diaryl/α,β-unsaturated/α-hetero) is 1. The second-order valence-corrected chi connectivity index (χ2v) is 10.8. The quantitative estimate of drug-likeness (QED) is 0.590. The van der Waals surface area contributed by atoms with E-state index in [9.17, 15) is 24.3 Å². The van der Waals surface area contributed by atoms with E-state index in [0.29, 0.717) is 19.3 Å². The van der Waals surface area contributed by atoms with Gasteiger partial charge in [-0.3, -0.25) is 19.2 Å². The van der Waals surface area contributed by atoms with Gasteiger partial charge in [0, 0.05) is 29.6 Å². The molecule has 0 radical (unpaired) electrons. The number of fused-ring (bicyclic) bond motifs is 5. The van der Waals surface area contributed by atoms with Gasteiger partial charge in [-0.25, -0.2) is 0 Å². The molecule has 0 amide bonds. The Kier molecular flexibility index (Phi) is 6.38. The maximum Gasteiger partial charge on any atom is 0.306 e. The molecular formula is C27H36O7. The van der Waals surface area contributed by atoms with Gasteiger partial charge in [-0.15, -0.1) is 0 Å². The lowest BCUT2D eigenvalue weighted by Gasteiger charge is -2.59. The Hall–Kier alpha value is -2.28. The number of hydrogen-bond acceptors (Lipinski definition) is 7. The molecule has 7 nitrogen and oxygen atoms in total. The molecule has 0 saturated heterocycles. The largest absolute Gasteiger partial charge is 0.457 e. The molecule has 4 aliphatic rings. The molecule has 0 heterocycles. The molecule has 3 fully saturated rings. The molecule has 0 bridgehead atoms. The van der Waals surface area contributed by atoms with Crippen molar-refractivity contribution in [3.63, 3.8) is 0 Å². The molecule has 0 aliphatic heterocycles. The van der Waals surface area contributed by atoms with Crippen molar-refractivity contribution in [3.8, 4) is 0 Å². The highest BCUT2D eigenvalue weighted by atomic mass is 16.6. The number of allylic oxidation sites excluding steroid dienone is 4. The van der Waals surface area contributed by atoms with E-state index in [0.717, 1.165) is 18.4 Å². The summed E-state index contributed by atoms with van der Waals surface area (Å²) in [4.78, 5) is 49.9. The number of aliphatic hydroxyl groups is 1. The van der Waals surface area contributed by atoms with Crippen LogP contribution in [0.25, 0.3) is 0 Å². The van der Waals surface area contributed by atoms with Gasteiger partial charge in [0.15, 0.2) is 18.0 Å². The Morgan fingerprint density at radius 3 is 2.50 bits per heavy atom. The van der Waals surface area contributed by atoms with Crippen LogP contribution in [0.1, 0.15) is 72.6 Å². The minimum absolute atomic E-state index is 0.0142. The number of carbonyl (C=O) groups excluding carboxylic acids is 4. The van der Waals surface area contributed by atoms with Crippen LogP contribution in [0, 0.1) is 28.6 Å². The molecule has 0 spiro atoms. The SMILES string of the molecule is CCC(=O)OCC(=O)[C@]1(OC(=O)CC)CC[C@H]2[C@@H]3CCC4=CC(=O)C=C[C@]4(C)[C@H]3[C@@H](O)C[C@@]21C. The predicted octanol–water partition coefficient (Wildman–Crippen LogP) is 3.48. The smallest absolute Gasteiger partial charge is 0.306 e. The Morgan fingerprint density at radius 2 is 1.82 bits per heavy atom. The van der Waals surface area contributed by atoms with Crippen LogP contribution in [0.3, 0.4) is 0 Å². The van der Waals surface area contributed by atoms with E-state index in [-0.39, 0.29) is 36.4 Å². The van der Waals surface area contributed by atoms with E-state index in [2.05, 4.69) is 6.92 Å². The molecule has 0 aromatic rings. The second-order valence-electron chi connectivity index (χ2n) is 10.8. The van der Waals surface area contributed by atoms with Crippen LogP contribution in [0.4, 0.5) is 0 Å². The summed E-state index contributed by atoms with van der Waals surface area (Å²) in [5, 5.41) is 11.6. The number of hydrogen-bond donors (Lipinski definition) is 1. The van der Waals surface area contributed by atoms with Crippen LogP contribution in [-0.4, -0.2) is 46.9 Å². The standard InChI is InChI=1S/C27H36O7/c1-5-22(31)33-15-21(30)27(34-23(32)6-2)12-10-19-18-8-7-16-13-17(28)9-11-25(16,3)24(18)20(29)14-26(19,27)4/h9,11,13,18-20,24,29H,5-8,10,12,14-15H2,1-4H3/t18-,19-,20-,24+,25-,26-,27+/m0/s1. The predicted molar refractivity (Wildman–Crippen MR) is 123 cm³/mol. The van der Waals surface area contributed by atoms with Crippen molar-refractivity contribution < 1.29 is 33.8 Å². The second kappa shape index (κ2) is 8.74. The Morgan fingerprint density at radius 1 is 1.12 bits per heavy atom. The number of carbonyl (C=O) groups is 4. The number of esters is 2. The van der Waals surface area contributed by atoms with Crippen molar-refractivity contribution in [2.24, 2.45) is 28.6 Å². The summed E-state index contributed by atoms with van der Waals surface area (Å²) in [7, 11) is 0. The molecule has 7 atom stereocenters. The Balaban J connectivity index is 1.71. The number of aliphatic hydroxyl groups excluding tert-OH is 1. The Bertz CT molecular complexity index is 964. The molecule has 3 saturated carbocycles. The molecule has 4 aliphatic carbocycles. The first-order chi connectivity index (χ1) is 16.0. The fourth-order valence-corrected chi connectivity index (χ4v) is 7.63. The molecule has 0 aromatic heterocycles. The average Bonchev–Trinajstić information content (AvgIpc) is 3.09. The minimum Gasteiger partial charge on any atom is -0.457 e. The van der Waals surface area contributed by atoms with E-state index >= 15 is 0 Å². The van der Waals surface area contributed by atoms with Gasteiger partial charge in [0.05, 0.1) is 6.10 Å². The summed E-state index contributed by atoms with van der Waals surface area (Å²) in [6.07, 6.45) is 7.71. The van der Waals surface area contributed by atoms with Gasteiger partial charge in [0.1, 0.15) is 0 Å². The highest BCUT2D eigenvalue weighted by Gasteiger charge is 2.70. The van der Waals surface area contributed by atoms with Crippen molar-refractivity contribution in [2.45, 2.75) is 84.3 Å². The fourth-order valence-electron chi connectivity index (χ4n) is 7.63. The fraction of sp³-hybridized carbons (Fsp3) is 0.704. The summed E-state index contributed by atoms with van der Waals surface area (Å²) in [6, 6.07) is 0. The van der Waals surface area contributed by atoms with Crippen molar-refractivity contribution >= 4 is 23.5 Å². The molecule has 34 heavy (non-hydrogen) atoms. The zero-order chi connectivity index (χ0) is 24.9. The zero-order valence-corrected chi connectivity index (χ0v) is 20.6. The first-order valence-corrected chi connectivity index (χ1v) is 12.6. The summed E-state index contributed by atoms with van der Waals surface area (Å²) in [6.45, 7) is 6.96. The van der Waals surface area contributed by atoms with Crippen LogP contribution in [0.5, 0.6) is 0 Å². The highest BCUT2D eigenvalue weighted by molar-refractivity contribution is 6.01. The van der Waals surface area contributed by atoms with Crippen molar-refractivity contribution in [2.75, 3.05) is 6.61 Å². The van der Waals surface area contributed by atoms with Gasteiger partial charge in [0.25, 0.3) is 0 Å². The summed E-state index contributed by atoms with van der Waals surface area (Å²) < 4.78 is 11.1. The van der Waals surface area contributed by atoms with Crippen LogP contribution in [0.15, 0.2) is 23.8 Å². The molecule has 0 unspecified atom stereocenters. The Labute approximate surface area is 200 Å². The number of rotatable bonds is 6. The van der Waals surface area contributed by atoms with E-state index in [1.54, 1.807) is 26.0 Å². The van der Waals surface area contributed by atoms with Crippen LogP contribution in [0.2, 0.25) is 0 Å². The third-order valence-electron chi connectivity index (χ3n) is 9.30. The lowest BCUT2D eigenvalue weighted by atomic mass is 9.46. The summed E-state index contributed by atoms with van der Waals surface area (Å²) in [5.41, 5.74) is -1.56. The monoisotopic (exact) mass is 472 g/mol. The lowest BCUT2D eigenvalue weighted by molar-refractivity contribution is -0.201. The molecule has 0 aromatic carbocycles. The lowest BCUT2D eigenvalue weighted by Crippen LogP contribution is -2.63. The maximum atomic E-state index is 13.6. The summed E-state index contributed by atoms with van der Waals surface area (Å²) in [5.74, 6) is -1.28. The number of ketones is 2. The van der Waals surface area contributed by atoms with Crippen LogP contribution in [-0.2, 0) is 28.7 Å². The van der Waals surface area contributed by atoms with E-state index in [4.69, 9.17) is 9.47 Å². The van der Waals surface area contributed by atoms with Gasteiger partial charge < -0.3 is 14.6 Å². The van der Waals surface area contributed by atoms with Crippen molar-refractivity contribution in [3.05, 3.63) is 23.8 Å². The van der Waals surface area contributed by atoms with Gasteiger partial charge in [-0.2, -0.15) is 0 Å². The maximum absolute atomic E-state index is 13.6. The zero-order valence-electron chi connectivity index (χ0n) is 20.6. The first-order valence-electron chi connectivity index (χ1n) is 12.6. The molecule has 1 N–H and O–H groups in total. The van der Waals surface area contributed by atoms with E-state index < -0.39 is 46.9 Å². The molecular weight excluding hydrogens is 436 g/mol. The van der Waals surface area contributed by atoms with Crippen LogP contribution < -0.4 is 0 Å². The van der Waals surface area contributed by atoms with E-state index in [1.807, 2.05) is 13.0 Å². The topological polar surface area (TPSA) is 107 Å². The third-order valence-corrected chi connectivity index (χ3v) is 9.30. The van der Waals surface area contributed by atoms with Gasteiger partial charge in [0.2, 0.25) is 5.78 Å². The van der Waals surface area contributed by atoms with Gasteiger partial charge in [-0.05, 0) is 56.1 Å². The van der Waals surface area contributed by atoms with Crippen molar-refractivity contribution in [1.82, 2.24) is 0 Å².